The van der Waals surface area contributed by atoms with Gasteiger partial charge in [-0.15, -0.1) is 10.2 Å². The molecule has 184 valence electrons. The summed E-state index contributed by atoms with van der Waals surface area (Å²) in [5.41, 5.74) is 2.04. The number of benzene rings is 3. The van der Waals surface area contributed by atoms with Crippen molar-refractivity contribution in [1.29, 1.82) is 0 Å². The van der Waals surface area contributed by atoms with E-state index in [1.54, 1.807) is 30.3 Å². The molecule has 0 aliphatic carbocycles. The molecule has 1 heterocycles. The maximum Gasteiger partial charge on any atom is 0.320 e. The van der Waals surface area contributed by atoms with Gasteiger partial charge in [-0.2, -0.15) is 0 Å². The fourth-order valence-electron chi connectivity index (χ4n) is 3.40. The van der Waals surface area contributed by atoms with Gasteiger partial charge in [0.05, 0.1) is 12.3 Å². The highest BCUT2D eigenvalue weighted by atomic mass is 32.1. The number of hydrogen-bond acceptors (Lipinski definition) is 6. The summed E-state index contributed by atoms with van der Waals surface area (Å²) in [5.74, 6) is -0.274. The Balaban J connectivity index is 1.48. The average molecular weight is 506 g/mol. The lowest BCUT2D eigenvalue weighted by Crippen LogP contribution is -2.47. The number of para-hydroxylation sites is 2. The lowest BCUT2D eigenvalue weighted by Gasteiger charge is -2.19. The van der Waals surface area contributed by atoms with Crippen LogP contribution >= 0.6 is 11.3 Å². The number of halogens is 1. The van der Waals surface area contributed by atoms with Crippen LogP contribution in [0.3, 0.4) is 0 Å². The van der Waals surface area contributed by atoms with E-state index in [0.717, 1.165) is 16.9 Å². The Kier molecular flexibility index (Phi) is 8.20. The summed E-state index contributed by atoms with van der Waals surface area (Å²) in [6, 6.07) is 20.8. The normalized spacial score (nSPS) is 11.4. The first-order chi connectivity index (χ1) is 17.5. The molecule has 1 atom stereocenters. The molecule has 8 nitrogen and oxygen atoms in total. The second kappa shape index (κ2) is 11.9. The van der Waals surface area contributed by atoms with E-state index >= 15 is 0 Å². The zero-order valence-electron chi connectivity index (χ0n) is 19.4. The Labute approximate surface area is 211 Å². The Hall–Kier alpha value is -4.31. The van der Waals surface area contributed by atoms with Crippen molar-refractivity contribution in [3.63, 3.8) is 0 Å². The monoisotopic (exact) mass is 505 g/mol. The topological polar surface area (TPSA) is 105 Å². The van der Waals surface area contributed by atoms with Gasteiger partial charge < -0.3 is 15.4 Å². The van der Waals surface area contributed by atoms with Crippen LogP contribution in [0.2, 0.25) is 0 Å². The summed E-state index contributed by atoms with van der Waals surface area (Å²) in [6.07, 6.45) is 0.261. The first-order valence-corrected chi connectivity index (χ1v) is 12.1. The molecule has 3 amide bonds. The molecular weight excluding hydrogens is 481 g/mol. The number of ether oxygens (including phenoxy) is 1. The van der Waals surface area contributed by atoms with Crippen LogP contribution in [-0.2, 0) is 11.2 Å². The minimum atomic E-state index is -0.898. The first kappa shape index (κ1) is 24.8. The summed E-state index contributed by atoms with van der Waals surface area (Å²) in [4.78, 5) is 26.0. The van der Waals surface area contributed by atoms with Crippen LogP contribution in [0, 0.1) is 5.82 Å². The number of aromatic nitrogens is 2. The van der Waals surface area contributed by atoms with Crippen molar-refractivity contribution in [1.82, 2.24) is 15.5 Å². The Morgan fingerprint density at radius 1 is 0.944 bits per heavy atom. The van der Waals surface area contributed by atoms with Gasteiger partial charge in [-0.25, -0.2) is 9.18 Å². The molecule has 4 rings (SSSR count). The highest BCUT2D eigenvalue weighted by Crippen LogP contribution is 2.27. The second-order valence-corrected chi connectivity index (χ2v) is 8.66. The van der Waals surface area contributed by atoms with Gasteiger partial charge in [0.15, 0.2) is 0 Å². The molecule has 0 radical (unpaired) electrons. The van der Waals surface area contributed by atoms with Crippen LogP contribution in [0.15, 0.2) is 78.9 Å². The van der Waals surface area contributed by atoms with E-state index in [1.807, 2.05) is 43.3 Å². The molecular formula is C26H24FN5O3S. The lowest BCUT2D eigenvalue weighted by molar-refractivity contribution is -0.117. The Morgan fingerprint density at radius 2 is 1.67 bits per heavy atom. The number of urea groups is 1. The Bertz CT molecular complexity index is 1310. The van der Waals surface area contributed by atoms with Crippen molar-refractivity contribution in [3.8, 4) is 16.3 Å². The van der Waals surface area contributed by atoms with Crippen molar-refractivity contribution < 1.29 is 18.7 Å². The van der Waals surface area contributed by atoms with Gasteiger partial charge in [0.25, 0.3) is 0 Å². The Morgan fingerprint density at radius 3 is 2.42 bits per heavy atom. The van der Waals surface area contributed by atoms with E-state index in [9.17, 15) is 14.0 Å². The summed E-state index contributed by atoms with van der Waals surface area (Å²) >= 11 is 1.15. The van der Waals surface area contributed by atoms with E-state index < -0.39 is 18.0 Å². The standard InChI is InChI=1S/C26H24FN5O3S/c1-2-35-22-11-7-6-10-20(22)28-25(34)29-21(16-17-8-4-3-5-9-17)23(33)30-26-32-31-24(36-26)18-12-14-19(27)15-13-18/h3-15,21H,2,16H2,1H3,(H2,28,29,34)(H,30,32,33). The van der Waals surface area contributed by atoms with E-state index in [1.165, 1.54) is 12.1 Å². The third-order valence-electron chi connectivity index (χ3n) is 5.09. The van der Waals surface area contributed by atoms with Gasteiger partial charge in [0.1, 0.15) is 22.6 Å². The smallest absolute Gasteiger partial charge is 0.320 e. The van der Waals surface area contributed by atoms with Crippen LogP contribution in [0.1, 0.15) is 12.5 Å². The molecule has 0 aliphatic rings. The number of rotatable bonds is 9. The number of nitrogens with zero attached hydrogens (tertiary/aromatic N) is 2. The van der Waals surface area contributed by atoms with Gasteiger partial charge in [-0.3, -0.25) is 10.1 Å². The quantitative estimate of drug-likeness (QED) is 0.293. The fraction of sp³-hybridized carbons (Fsp3) is 0.154. The highest BCUT2D eigenvalue weighted by molar-refractivity contribution is 7.18. The second-order valence-electron chi connectivity index (χ2n) is 7.68. The van der Waals surface area contributed by atoms with Gasteiger partial charge in [-0.1, -0.05) is 53.8 Å². The molecule has 10 heteroatoms. The molecule has 4 aromatic rings. The van der Waals surface area contributed by atoms with Crippen molar-refractivity contribution in [2.75, 3.05) is 17.2 Å². The summed E-state index contributed by atoms with van der Waals surface area (Å²) < 4.78 is 18.8. The van der Waals surface area contributed by atoms with Crippen LogP contribution in [0.25, 0.3) is 10.6 Å². The van der Waals surface area contributed by atoms with Crippen molar-refractivity contribution >= 4 is 34.1 Å². The number of carbonyl (C=O) groups excluding carboxylic acids is 2. The van der Waals surface area contributed by atoms with Gasteiger partial charge in [0.2, 0.25) is 11.0 Å². The number of anilines is 2. The first-order valence-electron chi connectivity index (χ1n) is 11.3. The largest absolute Gasteiger partial charge is 0.492 e. The van der Waals surface area contributed by atoms with E-state index in [-0.39, 0.29) is 17.4 Å². The molecule has 1 aromatic heterocycles. The third-order valence-corrected chi connectivity index (χ3v) is 5.97. The predicted molar refractivity (Wildman–Crippen MR) is 138 cm³/mol. The molecule has 0 bridgehead atoms. The predicted octanol–water partition coefficient (Wildman–Crippen LogP) is 5.11. The molecule has 1 unspecified atom stereocenters. The minimum absolute atomic E-state index is 0.261. The number of carbonyl (C=O) groups is 2. The fourth-order valence-corrected chi connectivity index (χ4v) is 4.15. The number of amides is 3. The van der Waals surface area contributed by atoms with Crippen LogP contribution < -0.4 is 20.7 Å². The molecule has 0 aliphatic heterocycles. The van der Waals surface area contributed by atoms with Gasteiger partial charge in [-0.05, 0) is 48.9 Å². The lowest BCUT2D eigenvalue weighted by atomic mass is 10.1. The average Bonchev–Trinajstić information content (AvgIpc) is 3.34. The third kappa shape index (κ3) is 6.63. The maximum absolute atomic E-state index is 13.2. The van der Waals surface area contributed by atoms with Crippen LogP contribution in [0.4, 0.5) is 20.0 Å². The minimum Gasteiger partial charge on any atom is -0.492 e. The van der Waals surface area contributed by atoms with Crippen LogP contribution in [0.5, 0.6) is 5.75 Å². The number of hydrogen-bond donors (Lipinski definition) is 3. The number of nitrogens with one attached hydrogen (secondary N) is 3. The van der Waals surface area contributed by atoms with E-state index in [2.05, 4.69) is 26.1 Å². The molecule has 0 spiro atoms. The van der Waals surface area contributed by atoms with Gasteiger partial charge >= 0.3 is 6.03 Å². The molecule has 0 saturated heterocycles. The molecule has 3 aromatic carbocycles. The summed E-state index contributed by atoms with van der Waals surface area (Å²) in [7, 11) is 0. The molecule has 0 saturated carbocycles. The van der Waals surface area contributed by atoms with Crippen molar-refractivity contribution in [2.45, 2.75) is 19.4 Å². The van der Waals surface area contributed by atoms with E-state index in [4.69, 9.17) is 4.74 Å². The van der Waals surface area contributed by atoms with E-state index in [0.29, 0.717) is 28.6 Å². The van der Waals surface area contributed by atoms with Gasteiger partial charge in [0, 0.05) is 12.0 Å². The molecule has 3 N–H and O–H groups in total. The maximum atomic E-state index is 13.2. The SMILES string of the molecule is CCOc1ccccc1NC(=O)NC(Cc1ccccc1)C(=O)Nc1nnc(-c2ccc(F)cc2)s1. The van der Waals surface area contributed by atoms with Crippen molar-refractivity contribution in [3.05, 3.63) is 90.2 Å². The zero-order chi connectivity index (χ0) is 25.3. The van der Waals surface area contributed by atoms with Crippen molar-refractivity contribution in [2.24, 2.45) is 0 Å². The zero-order valence-corrected chi connectivity index (χ0v) is 20.2. The molecule has 36 heavy (non-hydrogen) atoms. The highest BCUT2D eigenvalue weighted by Gasteiger charge is 2.23. The summed E-state index contributed by atoms with van der Waals surface area (Å²) in [6.45, 7) is 2.30. The summed E-state index contributed by atoms with van der Waals surface area (Å²) in [5, 5.41) is 17.1. The van der Waals surface area contributed by atoms with Crippen LogP contribution in [-0.4, -0.2) is 34.8 Å². The molecule has 0 fully saturated rings.